The lowest BCUT2D eigenvalue weighted by Gasteiger charge is -2.18. The van der Waals surface area contributed by atoms with E-state index in [1.165, 1.54) is 31.4 Å². The SMILES string of the molecule is COc1cc(CO)nc(C(O)c2cccc(Cl)c2NS(=O)(=O)C(F)F)n1. The third kappa shape index (κ3) is 4.36. The van der Waals surface area contributed by atoms with E-state index < -0.39 is 34.2 Å². The fourth-order valence-corrected chi connectivity index (χ4v) is 2.89. The van der Waals surface area contributed by atoms with E-state index in [1.54, 1.807) is 4.72 Å². The van der Waals surface area contributed by atoms with Gasteiger partial charge in [-0.2, -0.15) is 13.8 Å². The van der Waals surface area contributed by atoms with Gasteiger partial charge >= 0.3 is 5.76 Å². The quantitative estimate of drug-likeness (QED) is 0.636. The van der Waals surface area contributed by atoms with Crippen LogP contribution in [0.4, 0.5) is 14.5 Å². The van der Waals surface area contributed by atoms with Crippen molar-refractivity contribution in [2.75, 3.05) is 11.8 Å². The molecule has 0 aliphatic rings. The van der Waals surface area contributed by atoms with Gasteiger partial charge in [-0.1, -0.05) is 23.7 Å². The fourth-order valence-electron chi connectivity index (χ4n) is 2.00. The van der Waals surface area contributed by atoms with Crippen LogP contribution >= 0.6 is 11.6 Å². The predicted octanol–water partition coefficient (Wildman–Crippen LogP) is 1.68. The molecule has 1 heterocycles. The van der Waals surface area contributed by atoms with Crippen LogP contribution in [-0.2, 0) is 16.6 Å². The van der Waals surface area contributed by atoms with Crippen LogP contribution in [0.2, 0.25) is 5.02 Å². The highest BCUT2D eigenvalue weighted by Gasteiger charge is 2.28. The van der Waals surface area contributed by atoms with Crippen LogP contribution in [0.1, 0.15) is 23.2 Å². The van der Waals surface area contributed by atoms with Crippen molar-refractivity contribution in [1.29, 1.82) is 0 Å². The number of para-hydroxylation sites is 1. The lowest BCUT2D eigenvalue weighted by atomic mass is 10.1. The van der Waals surface area contributed by atoms with Crippen molar-refractivity contribution in [1.82, 2.24) is 9.97 Å². The number of sulfonamides is 1. The molecule has 2 aromatic rings. The second-order valence-electron chi connectivity index (χ2n) is 4.93. The molecule has 1 aromatic heterocycles. The molecular weight excluding hydrogens is 396 g/mol. The number of benzene rings is 1. The molecule has 0 fully saturated rings. The lowest BCUT2D eigenvalue weighted by Crippen LogP contribution is -2.22. The Balaban J connectivity index is 2.54. The van der Waals surface area contributed by atoms with Crippen LogP contribution in [-0.4, -0.2) is 41.5 Å². The molecular formula is C14H14ClF2N3O5S. The molecule has 8 nitrogen and oxygen atoms in total. The minimum absolute atomic E-state index is 0.0369. The van der Waals surface area contributed by atoms with E-state index in [4.69, 9.17) is 16.3 Å². The molecule has 26 heavy (non-hydrogen) atoms. The Kier molecular flexibility index (Phi) is 6.29. The van der Waals surface area contributed by atoms with E-state index >= 15 is 0 Å². The summed E-state index contributed by atoms with van der Waals surface area (Å²) in [5.74, 6) is -3.90. The van der Waals surface area contributed by atoms with Gasteiger partial charge in [-0.25, -0.2) is 13.4 Å². The molecule has 0 aliphatic heterocycles. The third-order valence-electron chi connectivity index (χ3n) is 3.21. The third-order valence-corrected chi connectivity index (χ3v) is 4.48. The predicted molar refractivity (Wildman–Crippen MR) is 88.6 cm³/mol. The zero-order valence-corrected chi connectivity index (χ0v) is 14.8. The second-order valence-corrected chi connectivity index (χ2v) is 6.99. The number of halogens is 3. The number of aliphatic hydroxyl groups excluding tert-OH is 2. The number of nitrogens with one attached hydrogen (secondary N) is 1. The van der Waals surface area contributed by atoms with Crippen LogP contribution in [0.25, 0.3) is 0 Å². The van der Waals surface area contributed by atoms with Crippen molar-refractivity contribution < 1.29 is 32.1 Å². The normalized spacial score (nSPS) is 12.9. The first-order chi connectivity index (χ1) is 12.2. The summed E-state index contributed by atoms with van der Waals surface area (Å²) in [7, 11) is -3.72. The molecule has 2 rings (SSSR count). The summed E-state index contributed by atoms with van der Waals surface area (Å²) in [4.78, 5) is 7.83. The van der Waals surface area contributed by atoms with Gasteiger partial charge in [0.1, 0.15) is 6.10 Å². The van der Waals surface area contributed by atoms with Gasteiger partial charge in [-0.15, -0.1) is 0 Å². The summed E-state index contributed by atoms with van der Waals surface area (Å²) in [5, 5.41) is 19.5. The molecule has 0 saturated carbocycles. The molecule has 0 bridgehead atoms. The molecule has 3 N–H and O–H groups in total. The Morgan fingerprint density at radius 2 is 2.04 bits per heavy atom. The number of aliphatic hydroxyl groups is 2. The lowest BCUT2D eigenvalue weighted by molar-refractivity contribution is 0.206. The first kappa shape index (κ1) is 20.2. The maximum absolute atomic E-state index is 12.7. The summed E-state index contributed by atoms with van der Waals surface area (Å²) in [5.41, 5.74) is -0.458. The number of methoxy groups -OCH3 is 1. The molecule has 0 saturated heterocycles. The number of anilines is 1. The van der Waals surface area contributed by atoms with Crippen LogP contribution < -0.4 is 9.46 Å². The number of rotatable bonds is 7. The van der Waals surface area contributed by atoms with E-state index in [0.717, 1.165) is 0 Å². The highest BCUT2D eigenvalue weighted by molar-refractivity contribution is 7.93. The number of alkyl halides is 2. The minimum atomic E-state index is -5.02. The van der Waals surface area contributed by atoms with Crippen LogP contribution in [0.5, 0.6) is 5.88 Å². The summed E-state index contributed by atoms with van der Waals surface area (Å²) >= 11 is 5.90. The zero-order valence-electron chi connectivity index (χ0n) is 13.2. The monoisotopic (exact) mass is 409 g/mol. The highest BCUT2D eigenvalue weighted by Crippen LogP contribution is 2.34. The van der Waals surface area contributed by atoms with Gasteiger partial charge in [0.25, 0.3) is 10.0 Å². The van der Waals surface area contributed by atoms with Gasteiger partial charge in [0.2, 0.25) is 5.88 Å². The first-order valence-corrected chi connectivity index (χ1v) is 8.91. The van der Waals surface area contributed by atoms with E-state index in [1.807, 2.05) is 0 Å². The molecule has 1 aromatic carbocycles. The number of hydrogen-bond acceptors (Lipinski definition) is 7. The summed E-state index contributed by atoms with van der Waals surface area (Å²) in [6.45, 7) is -0.473. The van der Waals surface area contributed by atoms with Crippen molar-refractivity contribution in [3.63, 3.8) is 0 Å². The van der Waals surface area contributed by atoms with Crippen molar-refractivity contribution in [2.45, 2.75) is 18.5 Å². The van der Waals surface area contributed by atoms with Gasteiger partial charge in [0.15, 0.2) is 5.82 Å². The van der Waals surface area contributed by atoms with E-state index in [2.05, 4.69) is 9.97 Å². The Morgan fingerprint density at radius 3 is 2.62 bits per heavy atom. The Labute approximate surface area is 152 Å². The maximum atomic E-state index is 12.7. The number of aromatic nitrogens is 2. The van der Waals surface area contributed by atoms with E-state index in [9.17, 15) is 27.4 Å². The second kappa shape index (κ2) is 8.08. The van der Waals surface area contributed by atoms with Gasteiger partial charge in [-0.05, 0) is 6.07 Å². The molecule has 0 aliphatic carbocycles. The van der Waals surface area contributed by atoms with E-state index in [-0.39, 0.29) is 28.0 Å². The molecule has 0 spiro atoms. The average Bonchev–Trinajstić information content (AvgIpc) is 2.62. The first-order valence-electron chi connectivity index (χ1n) is 6.98. The summed E-state index contributed by atoms with van der Waals surface area (Å²) < 4.78 is 54.9. The van der Waals surface area contributed by atoms with E-state index in [0.29, 0.717) is 0 Å². The Bertz CT molecular complexity index is 876. The van der Waals surface area contributed by atoms with Crippen molar-refractivity contribution in [3.05, 3.63) is 46.4 Å². The number of hydrogen-bond donors (Lipinski definition) is 3. The molecule has 1 unspecified atom stereocenters. The zero-order chi connectivity index (χ0) is 19.5. The molecule has 12 heteroatoms. The molecule has 1 atom stereocenters. The standard InChI is InChI=1S/C14H14ClF2N3O5S/c1-25-10-5-7(6-21)18-13(19-10)12(22)8-3-2-4-9(15)11(8)20-26(23,24)14(16)17/h2-5,12,14,20-22H,6H2,1H3. The topological polar surface area (TPSA) is 122 Å². The van der Waals surface area contributed by atoms with Crippen molar-refractivity contribution in [3.8, 4) is 5.88 Å². The van der Waals surface area contributed by atoms with Gasteiger partial charge in [-0.3, -0.25) is 4.72 Å². The smallest absolute Gasteiger partial charge is 0.355 e. The number of nitrogens with zero attached hydrogens (tertiary/aromatic N) is 2. The van der Waals surface area contributed by atoms with Gasteiger partial charge < -0.3 is 14.9 Å². The highest BCUT2D eigenvalue weighted by atomic mass is 35.5. The largest absolute Gasteiger partial charge is 0.481 e. The van der Waals surface area contributed by atoms with Crippen LogP contribution in [0, 0.1) is 0 Å². The van der Waals surface area contributed by atoms with Crippen molar-refractivity contribution >= 4 is 27.3 Å². The van der Waals surface area contributed by atoms with Crippen LogP contribution in [0.15, 0.2) is 24.3 Å². The molecule has 142 valence electrons. The van der Waals surface area contributed by atoms with Gasteiger partial charge in [0, 0.05) is 11.6 Å². The van der Waals surface area contributed by atoms with Crippen LogP contribution in [0.3, 0.4) is 0 Å². The number of ether oxygens (including phenoxy) is 1. The summed E-state index contributed by atoms with van der Waals surface area (Å²) in [6, 6.07) is 5.23. The van der Waals surface area contributed by atoms with Gasteiger partial charge in [0.05, 0.1) is 30.1 Å². The maximum Gasteiger partial charge on any atom is 0.355 e. The van der Waals surface area contributed by atoms with Crippen molar-refractivity contribution in [2.24, 2.45) is 0 Å². The average molecular weight is 410 g/mol. The summed E-state index contributed by atoms with van der Waals surface area (Å²) in [6.07, 6.45) is -1.63. The Hall–Kier alpha value is -2.08. The fraction of sp³-hybridized carbons (Fsp3) is 0.286. The minimum Gasteiger partial charge on any atom is -0.481 e. The molecule has 0 radical (unpaired) electrons. The Morgan fingerprint density at radius 1 is 1.35 bits per heavy atom. The molecule has 0 amide bonds.